The molecule has 0 bridgehead atoms. The SMILES string of the molecule is CN(C1CCSC1)S(=O)(=O)c1cc(Br)c(F)cc1N. The van der Waals surface area contributed by atoms with Gasteiger partial charge in [-0.05, 0) is 40.2 Å². The van der Waals surface area contributed by atoms with Gasteiger partial charge < -0.3 is 5.73 Å². The lowest BCUT2D eigenvalue weighted by molar-refractivity contribution is 0.395. The van der Waals surface area contributed by atoms with Crippen LogP contribution >= 0.6 is 27.7 Å². The Morgan fingerprint density at radius 3 is 2.79 bits per heavy atom. The number of sulfonamides is 1. The van der Waals surface area contributed by atoms with Crippen molar-refractivity contribution in [2.24, 2.45) is 0 Å². The molecule has 0 amide bonds. The summed E-state index contributed by atoms with van der Waals surface area (Å²) in [6.07, 6.45) is 0.822. The van der Waals surface area contributed by atoms with Crippen molar-refractivity contribution in [2.75, 3.05) is 24.3 Å². The molecule has 1 aromatic rings. The second-order valence-corrected chi connectivity index (χ2v) is 8.31. The van der Waals surface area contributed by atoms with E-state index < -0.39 is 15.8 Å². The molecule has 1 atom stereocenters. The molecule has 1 aromatic carbocycles. The summed E-state index contributed by atoms with van der Waals surface area (Å²) in [5.74, 6) is 1.15. The van der Waals surface area contributed by atoms with Crippen LogP contribution in [-0.4, -0.2) is 37.3 Å². The first-order chi connectivity index (χ1) is 8.84. The van der Waals surface area contributed by atoms with E-state index in [-0.39, 0.29) is 21.1 Å². The van der Waals surface area contributed by atoms with Crippen LogP contribution < -0.4 is 5.73 Å². The van der Waals surface area contributed by atoms with Crippen LogP contribution in [0.4, 0.5) is 10.1 Å². The summed E-state index contributed by atoms with van der Waals surface area (Å²) in [7, 11) is -2.15. The number of benzene rings is 1. The van der Waals surface area contributed by atoms with Crippen LogP contribution in [0.25, 0.3) is 0 Å². The molecule has 1 fully saturated rings. The molecular weight excluding hydrogens is 355 g/mol. The average Bonchev–Trinajstić information content (AvgIpc) is 2.86. The van der Waals surface area contributed by atoms with E-state index in [9.17, 15) is 12.8 Å². The predicted molar refractivity (Wildman–Crippen MR) is 79.2 cm³/mol. The van der Waals surface area contributed by atoms with Crippen molar-refractivity contribution in [3.05, 3.63) is 22.4 Å². The molecule has 0 radical (unpaired) electrons. The molecule has 1 unspecified atom stereocenters. The number of thioether (sulfide) groups is 1. The molecule has 0 aliphatic carbocycles. The number of rotatable bonds is 3. The fraction of sp³-hybridized carbons (Fsp3) is 0.455. The molecule has 1 heterocycles. The van der Waals surface area contributed by atoms with Gasteiger partial charge in [0, 0.05) is 18.8 Å². The van der Waals surface area contributed by atoms with Gasteiger partial charge in [-0.25, -0.2) is 12.8 Å². The summed E-state index contributed by atoms with van der Waals surface area (Å²) in [5, 5.41) is 0. The third-order valence-electron chi connectivity index (χ3n) is 3.13. The van der Waals surface area contributed by atoms with E-state index in [4.69, 9.17) is 5.73 Å². The van der Waals surface area contributed by atoms with Gasteiger partial charge in [0.25, 0.3) is 0 Å². The van der Waals surface area contributed by atoms with Crippen molar-refractivity contribution in [1.82, 2.24) is 4.31 Å². The Bertz CT molecular complexity index is 589. The standard InChI is InChI=1S/C11H14BrFN2O2S2/c1-15(7-2-3-18-6-7)19(16,17)11-4-8(12)9(13)5-10(11)14/h4-5,7H,2-3,6,14H2,1H3. The van der Waals surface area contributed by atoms with E-state index in [1.165, 1.54) is 10.4 Å². The normalized spacial score (nSPS) is 20.1. The van der Waals surface area contributed by atoms with Gasteiger partial charge in [-0.2, -0.15) is 16.1 Å². The topological polar surface area (TPSA) is 63.4 Å². The predicted octanol–water partition coefficient (Wildman–Crippen LogP) is 2.30. The second kappa shape index (κ2) is 5.59. The Morgan fingerprint density at radius 2 is 2.21 bits per heavy atom. The summed E-state index contributed by atoms with van der Waals surface area (Å²) in [5.41, 5.74) is 5.57. The second-order valence-electron chi connectivity index (χ2n) is 4.34. The Kier molecular flexibility index (Phi) is 4.44. The average molecular weight is 369 g/mol. The van der Waals surface area contributed by atoms with Crippen LogP contribution in [0.1, 0.15) is 6.42 Å². The molecule has 106 valence electrons. The van der Waals surface area contributed by atoms with E-state index in [0.717, 1.165) is 24.0 Å². The van der Waals surface area contributed by atoms with Gasteiger partial charge in [-0.15, -0.1) is 0 Å². The first-order valence-electron chi connectivity index (χ1n) is 5.64. The highest BCUT2D eigenvalue weighted by atomic mass is 79.9. The van der Waals surface area contributed by atoms with Crippen molar-refractivity contribution >= 4 is 43.4 Å². The molecule has 19 heavy (non-hydrogen) atoms. The minimum absolute atomic E-state index is 0.0294. The summed E-state index contributed by atoms with van der Waals surface area (Å²) in [4.78, 5) is -0.0554. The highest BCUT2D eigenvalue weighted by molar-refractivity contribution is 9.10. The van der Waals surface area contributed by atoms with Crippen LogP contribution in [0.3, 0.4) is 0 Å². The van der Waals surface area contributed by atoms with Crippen LogP contribution in [-0.2, 0) is 10.0 Å². The monoisotopic (exact) mass is 368 g/mol. The molecule has 1 aliphatic rings. The Balaban J connectivity index is 2.41. The van der Waals surface area contributed by atoms with E-state index in [0.29, 0.717) is 0 Å². The van der Waals surface area contributed by atoms with Crippen molar-refractivity contribution < 1.29 is 12.8 Å². The van der Waals surface area contributed by atoms with Gasteiger partial charge in [0.2, 0.25) is 10.0 Å². The molecule has 0 saturated carbocycles. The largest absolute Gasteiger partial charge is 0.398 e. The van der Waals surface area contributed by atoms with E-state index in [2.05, 4.69) is 15.9 Å². The third kappa shape index (κ3) is 2.91. The van der Waals surface area contributed by atoms with E-state index >= 15 is 0 Å². The van der Waals surface area contributed by atoms with Crippen LogP contribution in [0, 0.1) is 5.82 Å². The number of halogens is 2. The minimum atomic E-state index is -3.69. The lowest BCUT2D eigenvalue weighted by atomic mass is 10.3. The summed E-state index contributed by atoms with van der Waals surface area (Å²) in [6, 6.07) is 2.21. The highest BCUT2D eigenvalue weighted by Gasteiger charge is 2.32. The number of nitrogens with two attached hydrogens (primary N) is 1. The Hall–Kier alpha value is -0.310. The van der Waals surface area contributed by atoms with E-state index in [1.807, 2.05) is 0 Å². The van der Waals surface area contributed by atoms with Crippen LogP contribution in [0.2, 0.25) is 0 Å². The lowest BCUT2D eigenvalue weighted by Gasteiger charge is -2.24. The number of nitrogens with zero attached hydrogens (tertiary/aromatic N) is 1. The molecule has 8 heteroatoms. The summed E-state index contributed by atoms with van der Waals surface area (Å²) >= 11 is 4.71. The fourth-order valence-corrected chi connectivity index (χ4v) is 5.29. The zero-order valence-electron chi connectivity index (χ0n) is 10.3. The first kappa shape index (κ1) is 15.1. The van der Waals surface area contributed by atoms with Gasteiger partial charge in [0.15, 0.2) is 0 Å². The molecule has 2 N–H and O–H groups in total. The molecule has 2 rings (SSSR count). The maximum atomic E-state index is 13.3. The smallest absolute Gasteiger partial charge is 0.245 e. The summed E-state index contributed by atoms with van der Waals surface area (Å²) in [6.45, 7) is 0. The molecule has 1 aliphatic heterocycles. The maximum absolute atomic E-state index is 13.3. The molecule has 0 spiro atoms. The van der Waals surface area contributed by atoms with Gasteiger partial charge >= 0.3 is 0 Å². The quantitative estimate of drug-likeness (QED) is 0.831. The third-order valence-corrected chi connectivity index (χ3v) is 6.85. The van der Waals surface area contributed by atoms with Gasteiger partial charge in [-0.1, -0.05) is 0 Å². The zero-order chi connectivity index (χ0) is 14.2. The Morgan fingerprint density at radius 1 is 1.53 bits per heavy atom. The maximum Gasteiger partial charge on any atom is 0.245 e. The first-order valence-corrected chi connectivity index (χ1v) is 9.03. The van der Waals surface area contributed by atoms with Crippen molar-refractivity contribution in [3.8, 4) is 0 Å². The number of hydrogen-bond donors (Lipinski definition) is 1. The van der Waals surface area contributed by atoms with E-state index in [1.54, 1.807) is 18.8 Å². The van der Waals surface area contributed by atoms with Gasteiger partial charge in [0.05, 0.1) is 10.2 Å². The fourth-order valence-electron chi connectivity index (χ4n) is 1.93. The molecule has 4 nitrogen and oxygen atoms in total. The number of hydrogen-bond acceptors (Lipinski definition) is 4. The zero-order valence-corrected chi connectivity index (χ0v) is 13.5. The highest BCUT2D eigenvalue weighted by Crippen LogP contribution is 2.31. The van der Waals surface area contributed by atoms with Crippen LogP contribution in [0.15, 0.2) is 21.5 Å². The van der Waals surface area contributed by atoms with Gasteiger partial charge in [-0.3, -0.25) is 0 Å². The Labute approximate surface area is 124 Å². The van der Waals surface area contributed by atoms with Crippen molar-refractivity contribution in [3.63, 3.8) is 0 Å². The summed E-state index contributed by atoms with van der Waals surface area (Å²) < 4.78 is 39.7. The number of nitrogen functional groups attached to an aromatic ring is 1. The van der Waals surface area contributed by atoms with Gasteiger partial charge in [0.1, 0.15) is 10.7 Å². The molecular formula is C11H14BrFN2O2S2. The molecule has 0 aromatic heterocycles. The van der Waals surface area contributed by atoms with Crippen molar-refractivity contribution in [2.45, 2.75) is 17.4 Å². The number of anilines is 1. The lowest BCUT2D eigenvalue weighted by Crippen LogP contribution is -2.37. The van der Waals surface area contributed by atoms with Crippen molar-refractivity contribution in [1.29, 1.82) is 0 Å². The molecule has 1 saturated heterocycles. The van der Waals surface area contributed by atoms with Crippen LogP contribution in [0.5, 0.6) is 0 Å². The minimum Gasteiger partial charge on any atom is -0.398 e.